The van der Waals surface area contributed by atoms with Gasteiger partial charge in [0.15, 0.2) is 0 Å². The van der Waals surface area contributed by atoms with Gasteiger partial charge in [-0.2, -0.15) is 0 Å². The van der Waals surface area contributed by atoms with Crippen molar-refractivity contribution in [3.05, 3.63) is 47.3 Å². The van der Waals surface area contributed by atoms with E-state index < -0.39 is 12.1 Å². The second-order valence-electron chi connectivity index (χ2n) is 6.91. The van der Waals surface area contributed by atoms with E-state index in [0.29, 0.717) is 18.7 Å². The van der Waals surface area contributed by atoms with Crippen LogP contribution in [0.1, 0.15) is 25.3 Å². The predicted octanol–water partition coefficient (Wildman–Crippen LogP) is 1.75. The number of rotatable bonds is 9. The molecule has 0 spiro atoms. The third kappa shape index (κ3) is 4.93. The molecule has 1 saturated heterocycles. The largest absolute Gasteiger partial charge is 0.477 e. The van der Waals surface area contributed by atoms with Crippen LogP contribution in [0.2, 0.25) is 0 Å². The third-order valence-corrected chi connectivity index (χ3v) is 5.72. The number of nitrogens with one attached hydrogen (secondary N) is 1. The second-order valence-corrected chi connectivity index (χ2v) is 7.99. The Labute approximate surface area is 178 Å². The zero-order chi connectivity index (χ0) is 21.7. The van der Waals surface area contributed by atoms with Crippen molar-refractivity contribution in [2.24, 2.45) is 0 Å². The first-order valence-corrected chi connectivity index (χ1v) is 10.6. The number of ether oxygens (including phenoxy) is 1. The Morgan fingerprint density at radius 1 is 1.27 bits per heavy atom. The van der Waals surface area contributed by atoms with Gasteiger partial charge in [0.25, 0.3) is 0 Å². The van der Waals surface area contributed by atoms with Crippen LogP contribution < -0.4 is 5.32 Å². The maximum atomic E-state index is 12.8. The van der Waals surface area contributed by atoms with Crippen molar-refractivity contribution in [2.45, 2.75) is 32.4 Å². The molecule has 0 bridgehead atoms. The van der Waals surface area contributed by atoms with Gasteiger partial charge < -0.3 is 20.1 Å². The van der Waals surface area contributed by atoms with Crippen molar-refractivity contribution in [2.75, 3.05) is 18.2 Å². The molecule has 2 aliphatic rings. The summed E-state index contributed by atoms with van der Waals surface area (Å²) in [5.41, 5.74) is 0.931. The second kappa shape index (κ2) is 9.66. The number of amides is 3. The summed E-state index contributed by atoms with van der Waals surface area (Å²) in [4.78, 5) is 50.1. The minimum absolute atomic E-state index is 0.0501. The fourth-order valence-corrected chi connectivity index (χ4v) is 4.19. The fourth-order valence-electron chi connectivity index (χ4n) is 3.37. The van der Waals surface area contributed by atoms with E-state index in [2.05, 4.69) is 5.32 Å². The lowest BCUT2D eigenvalue weighted by atomic mass is 10.0. The molecule has 1 atom stereocenters. The van der Waals surface area contributed by atoms with Crippen LogP contribution in [0.25, 0.3) is 0 Å². The van der Waals surface area contributed by atoms with Crippen LogP contribution in [0.5, 0.6) is 0 Å². The number of carboxylic acid groups (broad SMARTS) is 1. The lowest BCUT2D eigenvalue weighted by Gasteiger charge is -2.34. The van der Waals surface area contributed by atoms with E-state index in [1.807, 2.05) is 30.3 Å². The highest BCUT2D eigenvalue weighted by atomic mass is 32.2. The van der Waals surface area contributed by atoms with Gasteiger partial charge in [0, 0.05) is 32.1 Å². The Morgan fingerprint density at radius 2 is 2.00 bits per heavy atom. The first kappa shape index (κ1) is 21.7. The SMILES string of the molecule is CC(=O)NCCSCN(C(=O)OCc1ccccc1)C1=C(C(=O)O)N2C(=O)CC2C1. The van der Waals surface area contributed by atoms with Gasteiger partial charge in [-0.15, -0.1) is 11.8 Å². The molecule has 1 aromatic rings. The first-order valence-electron chi connectivity index (χ1n) is 9.47. The highest BCUT2D eigenvalue weighted by molar-refractivity contribution is 7.99. The number of hydrogen-bond donors (Lipinski definition) is 2. The number of aliphatic carboxylic acids is 1. The number of carboxylic acids is 1. The normalized spacial score (nSPS) is 17.3. The van der Waals surface area contributed by atoms with Gasteiger partial charge in [-0.25, -0.2) is 9.59 Å². The summed E-state index contributed by atoms with van der Waals surface area (Å²) < 4.78 is 5.42. The van der Waals surface area contributed by atoms with Gasteiger partial charge in [-0.3, -0.25) is 14.5 Å². The minimum Gasteiger partial charge on any atom is -0.477 e. The molecule has 1 unspecified atom stereocenters. The molecule has 10 heteroatoms. The summed E-state index contributed by atoms with van der Waals surface area (Å²) in [6, 6.07) is 8.93. The molecule has 3 rings (SSSR count). The molecule has 9 nitrogen and oxygen atoms in total. The maximum absolute atomic E-state index is 12.8. The van der Waals surface area contributed by atoms with Crippen molar-refractivity contribution < 1.29 is 29.0 Å². The van der Waals surface area contributed by atoms with E-state index >= 15 is 0 Å². The summed E-state index contributed by atoms with van der Waals surface area (Å²) in [6.45, 7) is 1.89. The number of carbonyl (C=O) groups is 4. The van der Waals surface area contributed by atoms with E-state index in [0.717, 1.165) is 5.56 Å². The van der Waals surface area contributed by atoms with Crippen molar-refractivity contribution in [1.29, 1.82) is 0 Å². The molecule has 0 aliphatic carbocycles. The van der Waals surface area contributed by atoms with Crippen molar-refractivity contribution in [1.82, 2.24) is 15.1 Å². The van der Waals surface area contributed by atoms with E-state index in [-0.39, 0.29) is 48.2 Å². The molecule has 2 heterocycles. The van der Waals surface area contributed by atoms with Gasteiger partial charge in [-0.05, 0) is 5.56 Å². The Bertz CT molecular complexity index is 873. The number of hydrogen-bond acceptors (Lipinski definition) is 6. The molecule has 2 N–H and O–H groups in total. The average molecular weight is 433 g/mol. The van der Waals surface area contributed by atoms with Gasteiger partial charge in [0.2, 0.25) is 11.8 Å². The lowest BCUT2D eigenvalue weighted by Crippen LogP contribution is -2.49. The molecule has 1 fully saturated rings. The summed E-state index contributed by atoms with van der Waals surface area (Å²) >= 11 is 1.36. The standard InChI is InChI=1S/C20H23N3O6S/c1-13(24)21-7-8-30-12-22(20(28)29-11-14-5-3-2-4-6-14)16-9-15-10-17(25)23(15)18(16)19(26)27/h2-6,15H,7-12H2,1H3,(H,21,24)(H,26,27). The van der Waals surface area contributed by atoms with E-state index in [1.165, 1.54) is 28.5 Å². The van der Waals surface area contributed by atoms with E-state index in [4.69, 9.17) is 4.74 Å². The molecule has 0 radical (unpaired) electrons. The quantitative estimate of drug-likeness (QED) is 0.346. The first-order chi connectivity index (χ1) is 14.4. The number of nitrogens with zero attached hydrogens (tertiary/aromatic N) is 2. The lowest BCUT2D eigenvalue weighted by molar-refractivity contribution is -0.147. The minimum atomic E-state index is -1.25. The molecule has 0 saturated carbocycles. The molecule has 0 aromatic heterocycles. The van der Waals surface area contributed by atoms with Gasteiger partial charge in [-0.1, -0.05) is 30.3 Å². The van der Waals surface area contributed by atoms with Crippen LogP contribution in [-0.2, 0) is 25.7 Å². The highest BCUT2D eigenvalue weighted by Crippen LogP contribution is 2.40. The number of thioether (sulfide) groups is 1. The Balaban J connectivity index is 1.73. The third-order valence-electron chi connectivity index (χ3n) is 4.78. The summed E-state index contributed by atoms with van der Waals surface area (Å²) in [5.74, 6) is -0.977. The van der Waals surface area contributed by atoms with Crippen molar-refractivity contribution in [3.8, 4) is 0 Å². The fraction of sp³-hybridized carbons (Fsp3) is 0.400. The van der Waals surface area contributed by atoms with Crippen LogP contribution in [0.4, 0.5) is 4.79 Å². The van der Waals surface area contributed by atoms with Gasteiger partial charge >= 0.3 is 12.1 Å². The molecule has 2 aliphatic heterocycles. The summed E-state index contributed by atoms with van der Waals surface area (Å²) in [7, 11) is 0. The molecule has 1 aromatic carbocycles. The van der Waals surface area contributed by atoms with Crippen LogP contribution in [0, 0.1) is 0 Å². The Hall–Kier alpha value is -3.01. The maximum Gasteiger partial charge on any atom is 0.415 e. The molecule has 3 amide bonds. The van der Waals surface area contributed by atoms with E-state index in [9.17, 15) is 24.3 Å². The predicted molar refractivity (Wildman–Crippen MR) is 109 cm³/mol. The Morgan fingerprint density at radius 3 is 2.63 bits per heavy atom. The van der Waals surface area contributed by atoms with Crippen LogP contribution in [0.15, 0.2) is 41.7 Å². The van der Waals surface area contributed by atoms with Crippen molar-refractivity contribution in [3.63, 3.8) is 0 Å². The summed E-state index contributed by atoms with van der Waals surface area (Å²) in [6.07, 6.45) is -0.113. The Kier molecular flexibility index (Phi) is 6.99. The number of carbonyl (C=O) groups excluding carboxylic acids is 3. The van der Waals surface area contributed by atoms with E-state index in [1.54, 1.807) is 0 Å². The molecular formula is C20H23N3O6S. The average Bonchev–Trinajstić information content (AvgIpc) is 3.02. The number of benzene rings is 1. The van der Waals surface area contributed by atoms with Gasteiger partial charge in [0.1, 0.15) is 12.3 Å². The number of β-lactam (4-membered cyclic amide) rings is 1. The molecule has 160 valence electrons. The highest BCUT2D eigenvalue weighted by Gasteiger charge is 2.49. The molecule has 30 heavy (non-hydrogen) atoms. The van der Waals surface area contributed by atoms with Crippen LogP contribution in [-0.4, -0.2) is 63.0 Å². The number of fused-ring (bicyclic) bond motifs is 1. The monoisotopic (exact) mass is 433 g/mol. The zero-order valence-electron chi connectivity index (χ0n) is 16.5. The van der Waals surface area contributed by atoms with Crippen LogP contribution >= 0.6 is 11.8 Å². The van der Waals surface area contributed by atoms with Gasteiger partial charge in [0.05, 0.1) is 17.6 Å². The smallest absolute Gasteiger partial charge is 0.415 e. The summed E-state index contributed by atoms with van der Waals surface area (Å²) in [5, 5.41) is 12.3. The molecular weight excluding hydrogens is 410 g/mol. The van der Waals surface area contributed by atoms with Crippen molar-refractivity contribution >= 4 is 35.6 Å². The van der Waals surface area contributed by atoms with Crippen LogP contribution in [0.3, 0.4) is 0 Å². The zero-order valence-corrected chi connectivity index (χ0v) is 17.3. The topological polar surface area (TPSA) is 116 Å².